The maximum Gasteiger partial charge on any atom is 0.138 e. The Kier molecular flexibility index (Phi) is 20.9. The van der Waals surface area contributed by atoms with E-state index in [1.54, 1.807) is 12.5 Å². The Balaban J connectivity index is 0.0000000843. The summed E-state index contributed by atoms with van der Waals surface area (Å²) in [7, 11) is 0. The lowest BCUT2D eigenvalue weighted by Crippen LogP contribution is -1.85. The van der Waals surface area contributed by atoms with E-state index in [0.29, 0.717) is 0 Å². The summed E-state index contributed by atoms with van der Waals surface area (Å²) in [5.74, 6) is 2.15. The molecule has 0 saturated carbocycles. The van der Waals surface area contributed by atoms with Crippen molar-refractivity contribution in [2.45, 2.75) is 57.8 Å². The van der Waals surface area contributed by atoms with Crippen molar-refractivity contribution >= 4 is 43.1 Å². The Bertz CT molecular complexity index is 6820. The number of fused-ring (bicyclic) bond motifs is 33. The molecule has 16 nitrogen and oxygen atoms in total. The molecule has 0 radical (unpaired) electrons. The van der Waals surface area contributed by atoms with Crippen LogP contribution in [0.25, 0.3) is 144 Å². The first-order valence-corrected chi connectivity index (χ1v) is 44.1. The molecule has 0 saturated heterocycles. The summed E-state index contributed by atoms with van der Waals surface area (Å²) in [4.78, 5) is 59.3. The second kappa shape index (κ2) is 34.8. The lowest BCUT2D eigenvalue weighted by molar-refractivity contribution is 0.525. The van der Waals surface area contributed by atoms with E-state index in [0.717, 1.165) is 97.8 Å². The number of hydrogen-bond acceptors (Lipinski definition) is 16. The number of aromatic nitrogens is 14. The molecule has 6 aromatic carbocycles. The molecular weight excluding hydrogens is 1610 g/mol. The van der Waals surface area contributed by atoms with E-state index in [1.807, 2.05) is 179 Å². The van der Waals surface area contributed by atoms with Crippen molar-refractivity contribution in [3.63, 3.8) is 0 Å². The largest absolute Gasteiger partial charge is 0.468 e. The molecule has 0 amide bonds. The van der Waals surface area contributed by atoms with Gasteiger partial charge in [0.15, 0.2) is 0 Å². The van der Waals surface area contributed by atoms with Gasteiger partial charge in [0.2, 0.25) is 0 Å². The van der Waals surface area contributed by atoms with E-state index in [2.05, 4.69) is 258 Å². The first-order chi connectivity index (χ1) is 64.9. The van der Waals surface area contributed by atoms with E-state index in [4.69, 9.17) is 8.83 Å². The molecule has 0 bridgehead atoms. The van der Waals surface area contributed by atoms with Gasteiger partial charge in [-0.15, -0.1) is 0 Å². The number of hydrogen-bond donors (Lipinski definition) is 0. The predicted molar refractivity (Wildman–Crippen MR) is 516 cm³/mol. The first-order valence-electron chi connectivity index (χ1n) is 44.1. The molecule has 0 aliphatic heterocycles. The van der Waals surface area contributed by atoms with Gasteiger partial charge in [0.25, 0.3) is 0 Å². The maximum atomic E-state index is 5.72. The lowest BCUT2D eigenvalue weighted by Gasteiger charge is -2.08. The van der Waals surface area contributed by atoms with Crippen LogP contribution >= 0.6 is 0 Å². The highest BCUT2D eigenvalue weighted by Crippen LogP contribution is 2.47. The van der Waals surface area contributed by atoms with Crippen molar-refractivity contribution < 1.29 is 8.83 Å². The molecule has 0 unspecified atom stereocenters. The zero-order valence-corrected chi connectivity index (χ0v) is 71.2. The molecule has 0 N–H and O–H groups in total. The molecule has 16 heterocycles. The van der Waals surface area contributed by atoms with Crippen molar-refractivity contribution in [2.75, 3.05) is 0 Å². The summed E-state index contributed by atoms with van der Waals surface area (Å²) in [6.45, 7) is 0. The average molecular weight is 1690 g/mol. The molecule has 622 valence electrons. The van der Waals surface area contributed by atoms with Crippen molar-refractivity contribution in [1.82, 2.24) is 69.8 Å². The third-order valence-electron chi connectivity index (χ3n) is 25.8. The lowest BCUT2D eigenvalue weighted by atomic mass is 9.96. The van der Waals surface area contributed by atoms with Crippen LogP contribution in [0.15, 0.2) is 388 Å². The highest BCUT2D eigenvalue weighted by atomic mass is 16.3. The van der Waals surface area contributed by atoms with Crippen LogP contribution in [0.5, 0.6) is 0 Å². The summed E-state index contributed by atoms with van der Waals surface area (Å²) in [6, 6.07) is 82.4. The van der Waals surface area contributed by atoms with Crippen LogP contribution in [-0.2, 0) is 57.8 Å². The third-order valence-corrected chi connectivity index (χ3v) is 25.8. The maximum absolute atomic E-state index is 5.72. The molecule has 131 heavy (non-hydrogen) atoms. The SMILES string of the molecule is c1cc2c(cn1)Cc1ccncc1-2.c1cc2c(cn1)Cc1cnccc1-2.c1ccc2cc3c4c(ccc3cc2c1)Cc1ccoc1-4.c1ccc2cc3c4c(ccc3cc2c1)Cc1occc1-4.c1cnc2c(c1)-c1cccnc1C2.c1cnc2c(c1)-c1ccncc1C2.c1cnc2c(c1)-c1cnccc1C2.c1cnc2c(c1)Cc1cnccc1-2.c1cnc2c(c1)Cc1ncccc1-2. The molecule has 0 atom stereocenters. The monoisotopic (exact) mass is 1690 g/mol. The third kappa shape index (κ3) is 15.4. The number of benzene rings is 6. The Labute approximate surface area is 755 Å². The van der Waals surface area contributed by atoms with E-state index >= 15 is 0 Å². The second-order valence-corrected chi connectivity index (χ2v) is 33.4. The van der Waals surface area contributed by atoms with Crippen LogP contribution in [0.4, 0.5) is 0 Å². The van der Waals surface area contributed by atoms with Crippen LogP contribution in [0.3, 0.4) is 0 Å². The van der Waals surface area contributed by atoms with Gasteiger partial charge in [-0.2, -0.15) is 0 Å². The normalized spacial score (nSPS) is 12.5. The van der Waals surface area contributed by atoms with Crippen LogP contribution in [-0.4, -0.2) is 69.8 Å². The van der Waals surface area contributed by atoms with Crippen LogP contribution < -0.4 is 0 Å². The quantitative estimate of drug-likeness (QED) is 0.129. The van der Waals surface area contributed by atoms with Crippen molar-refractivity contribution in [1.29, 1.82) is 0 Å². The fraction of sp³-hybridized carbons (Fsp3) is 0.0783. The number of nitrogens with zero attached hydrogens (tertiary/aromatic N) is 14. The molecular formula is C115H80N14O2. The Hall–Kier alpha value is -17.0. The molecule has 9 aliphatic carbocycles. The number of pyridine rings is 14. The molecule has 16 heteroatoms. The van der Waals surface area contributed by atoms with Gasteiger partial charge in [0.1, 0.15) is 11.5 Å². The molecule has 22 aromatic rings. The minimum absolute atomic E-state index is 0.881. The van der Waals surface area contributed by atoms with E-state index in [-0.39, 0.29) is 0 Å². The van der Waals surface area contributed by atoms with Gasteiger partial charge in [-0.3, -0.25) is 69.8 Å². The van der Waals surface area contributed by atoms with Gasteiger partial charge in [-0.05, 0) is 259 Å². The fourth-order valence-electron chi connectivity index (χ4n) is 19.6. The van der Waals surface area contributed by atoms with Crippen LogP contribution in [0.1, 0.15) is 101 Å². The molecule has 16 aromatic heterocycles. The zero-order chi connectivity index (χ0) is 86.9. The summed E-state index contributed by atoms with van der Waals surface area (Å²) in [5.41, 5.74) is 42.9. The Morgan fingerprint density at radius 1 is 0.183 bits per heavy atom. The van der Waals surface area contributed by atoms with Crippen LogP contribution in [0.2, 0.25) is 0 Å². The molecule has 31 rings (SSSR count). The van der Waals surface area contributed by atoms with Gasteiger partial charge in [0.05, 0.1) is 52.4 Å². The van der Waals surface area contributed by atoms with Crippen molar-refractivity contribution in [2.24, 2.45) is 0 Å². The highest BCUT2D eigenvalue weighted by Gasteiger charge is 2.29. The van der Waals surface area contributed by atoms with Gasteiger partial charge >= 0.3 is 0 Å². The first kappa shape index (κ1) is 78.7. The van der Waals surface area contributed by atoms with Gasteiger partial charge < -0.3 is 8.83 Å². The summed E-state index contributed by atoms with van der Waals surface area (Å²) >= 11 is 0. The molecule has 9 aliphatic rings. The Morgan fingerprint density at radius 3 is 1.11 bits per heavy atom. The van der Waals surface area contributed by atoms with Gasteiger partial charge in [0, 0.05) is 249 Å². The average Bonchev–Trinajstić information content (AvgIpc) is 1.60. The zero-order valence-electron chi connectivity index (χ0n) is 71.2. The highest BCUT2D eigenvalue weighted by molar-refractivity contribution is 6.08. The van der Waals surface area contributed by atoms with Crippen LogP contribution in [0, 0.1) is 0 Å². The van der Waals surface area contributed by atoms with Crippen molar-refractivity contribution in [3.05, 3.63) is 480 Å². The molecule has 0 spiro atoms. The van der Waals surface area contributed by atoms with E-state index in [1.165, 1.54) is 205 Å². The smallest absolute Gasteiger partial charge is 0.138 e. The molecule has 0 fully saturated rings. The standard InChI is InChI=1S/2C19H12O.7C11H8N2/c1-2-4-13-11-17-14(9-12(13)3-1)5-6-15-10-16-7-8-20-19(16)18(15)17;1-2-4-13-10-17-14(9-12(13)3-1)5-6-15-11-18-16(19(15)17)7-8-20-18;1-3-12-6-8-5-9-7-13-4-2-11(9)10(1)8;1-3-13-7-11-8(1)5-9-6-12-4-2-10(9)11;1-3-8-7-10-9(4-2-5-12-10)11(8)13-6-1;1-3-8-9-4-2-6-13-11(9)7-10(8)12-5-1;1-2-10-9-3-5-12-7-8(9)6-11(10)13-4-1;1-2-9-10-7-12-5-3-8(10)6-11(9)13-4-1;1-2-8-6-9-7-12-5-3-10(9)11(8)13-4-1/h1-9,11H,10H2;1-10H,11H2;2*1-4,6-7H,5H2;2*1-6H,7H2;3*1-5,7H,6H2. The summed E-state index contributed by atoms with van der Waals surface area (Å²) in [6.07, 6.45) is 51.4. The van der Waals surface area contributed by atoms with Gasteiger partial charge in [-0.25, -0.2) is 0 Å². The predicted octanol–water partition coefficient (Wildman–Crippen LogP) is 24.6. The van der Waals surface area contributed by atoms with E-state index < -0.39 is 0 Å². The number of furan rings is 2. The Morgan fingerprint density at radius 2 is 0.542 bits per heavy atom. The van der Waals surface area contributed by atoms with E-state index in [9.17, 15) is 0 Å². The van der Waals surface area contributed by atoms with Gasteiger partial charge in [-0.1, -0.05) is 109 Å². The summed E-state index contributed by atoms with van der Waals surface area (Å²) < 4.78 is 11.3. The minimum atomic E-state index is 0.881. The topological polar surface area (TPSA) is 207 Å². The second-order valence-electron chi connectivity index (χ2n) is 33.4. The van der Waals surface area contributed by atoms with Crippen molar-refractivity contribution in [3.8, 4) is 101 Å². The minimum Gasteiger partial charge on any atom is -0.468 e. The number of rotatable bonds is 0. The fourth-order valence-corrected chi connectivity index (χ4v) is 19.6. The summed E-state index contributed by atoms with van der Waals surface area (Å²) in [5, 5.41) is 10.4.